The summed E-state index contributed by atoms with van der Waals surface area (Å²) in [6.45, 7) is 2.61. The summed E-state index contributed by atoms with van der Waals surface area (Å²) in [5.74, 6) is -1.34. The van der Waals surface area contributed by atoms with Gasteiger partial charge in [-0.3, -0.25) is 0 Å². The summed E-state index contributed by atoms with van der Waals surface area (Å²) in [4.78, 5) is 2.00. The summed E-state index contributed by atoms with van der Waals surface area (Å²) >= 11 is 0. The van der Waals surface area contributed by atoms with Gasteiger partial charge in [0.1, 0.15) is 11.6 Å². The van der Waals surface area contributed by atoms with Gasteiger partial charge in [-0.05, 0) is 43.2 Å². The van der Waals surface area contributed by atoms with E-state index in [0.29, 0.717) is 13.0 Å². The zero-order valence-electron chi connectivity index (χ0n) is 12.2. The lowest BCUT2D eigenvalue weighted by Crippen LogP contribution is -2.20. The zero-order valence-corrected chi connectivity index (χ0v) is 12.2. The van der Waals surface area contributed by atoms with Crippen LogP contribution < -0.4 is 4.90 Å². The number of aliphatic hydroxyl groups excluding tert-OH is 1. The Labute approximate surface area is 123 Å². The molecule has 0 saturated carbocycles. The molecule has 0 aliphatic carbocycles. The summed E-state index contributed by atoms with van der Waals surface area (Å²) in [6, 6.07) is 11.2. The van der Waals surface area contributed by atoms with Gasteiger partial charge in [0.15, 0.2) is 0 Å². The number of nitrogens with zero attached hydrogens (tertiary/aromatic N) is 1. The van der Waals surface area contributed by atoms with Crippen LogP contribution in [0, 0.1) is 18.6 Å². The van der Waals surface area contributed by atoms with Crippen LogP contribution in [-0.4, -0.2) is 18.7 Å². The highest BCUT2D eigenvalue weighted by Crippen LogP contribution is 2.21. The Bertz CT molecular complexity index is 578. The average Bonchev–Trinajstić information content (AvgIpc) is 2.44. The lowest BCUT2D eigenvalue weighted by atomic mass is 10.1. The van der Waals surface area contributed by atoms with Crippen molar-refractivity contribution in [2.45, 2.75) is 19.4 Å². The van der Waals surface area contributed by atoms with E-state index in [4.69, 9.17) is 0 Å². The molecule has 0 aliphatic rings. The van der Waals surface area contributed by atoms with Crippen LogP contribution in [0.15, 0.2) is 42.5 Å². The van der Waals surface area contributed by atoms with Gasteiger partial charge in [0.05, 0.1) is 6.10 Å². The maximum absolute atomic E-state index is 13.1. The summed E-state index contributed by atoms with van der Waals surface area (Å²) in [5, 5.41) is 10.0. The molecule has 0 spiro atoms. The second kappa shape index (κ2) is 6.68. The molecule has 1 unspecified atom stereocenters. The maximum atomic E-state index is 13.1. The first-order valence-corrected chi connectivity index (χ1v) is 6.87. The normalized spacial score (nSPS) is 12.2. The van der Waals surface area contributed by atoms with Gasteiger partial charge in [0, 0.05) is 25.3 Å². The van der Waals surface area contributed by atoms with Crippen molar-refractivity contribution in [3.8, 4) is 0 Å². The highest BCUT2D eigenvalue weighted by Gasteiger charge is 2.12. The van der Waals surface area contributed by atoms with E-state index in [2.05, 4.69) is 0 Å². The summed E-state index contributed by atoms with van der Waals surface area (Å²) < 4.78 is 26.3. The summed E-state index contributed by atoms with van der Waals surface area (Å²) in [5.41, 5.74) is 2.49. The van der Waals surface area contributed by atoms with Crippen molar-refractivity contribution in [2.75, 3.05) is 18.5 Å². The van der Waals surface area contributed by atoms with E-state index >= 15 is 0 Å². The lowest BCUT2D eigenvalue weighted by molar-refractivity contribution is 0.169. The molecule has 1 atom stereocenters. The van der Waals surface area contributed by atoms with Gasteiger partial charge in [0.25, 0.3) is 0 Å². The van der Waals surface area contributed by atoms with E-state index in [-0.39, 0.29) is 5.56 Å². The Morgan fingerprint density at radius 3 is 2.19 bits per heavy atom. The monoisotopic (exact) mass is 291 g/mol. The van der Waals surface area contributed by atoms with E-state index in [1.807, 2.05) is 43.1 Å². The zero-order chi connectivity index (χ0) is 15.4. The molecule has 0 aromatic heterocycles. The van der Waals surface area contributed by atoms with Gasteiger partial charge in [-0.25, -0.2) is 8.78 Å². The SMILES string of the molecule is Cc1ccc(N(C)CCC(O)c2cc(F)cc(F)c2)cc1. The molecular formula is C17H19F2NO. The van der Waals surface area contributed by atoms with Crippen LogP contribution in [0.2, 0.25) is 0 Å². The smallest absolute Gasteiger partial charge is 0.126 e. The van der Waals surface area contributed by atoms with Crippen molar-refractivity contribution in [2.24, 2.45) is 0 Å². The standard InChI is InChI=1S/C17H19F2NO/c1-12-3-5-16(6-4-12)20(2)8-7-17(21)13-9-14(18)11-15(19)10-13/h3-6,9-11,17,21H,7-8H2,1-2H3. The highest BCUT2D eigenvalue weighted by molar-refractivity contribution is 5.46. The molecule has 0 heterocycles. The number of hydrogen-bond acceptors (Lipinski definition) is 2. The van der Waals surface area contributed by atoms with Crippen molar-refractivity contribution >= 4 is 5.69 Å². The fourth-order valence-electron chi connectivity index (χ4n) is 2.18. The molecule has 21 heavy (non-hydrogen) atoms. The first-order valence-electron chi connectivity index (χ1n) is 6.87. The third-order valence-corrected chi connectivity index (χ3v) is 3.48. The molecule has 0 saturated heterocycles. The molecule has 2 rings (SSSR count). The van der Waals surface area contributed by atoms with Crippen molar-refractivity contribution in [1.82, 2.24) is 0 Å². The van der Waals surface area contributed by atoms with E-state index in [1.54, 1.807) is 0 Å². The number of benzene rings is 2. The Morgan fingerprint density at radius 2 is 1.62 bits per heavy atom. The Morgan fingerprint density at radius 1 is 1.05 bits per heavy atom. The minimum Gasteiger partial charge on any atom is -0.388 e. The molecule has 2 aromatic rings. The van der Waals surface area contributed by atoms with Gasteiger partial charge < -0.3 is 10.0 Å². The molecule has 0 bridgehead atoms. The minimum atomic E-state index is -0.886. The summed E-state index contributed by atoms with van der Waals surface area (Å²) in [6.07, 6.45) is -0.490. The highest BCUT2D eigenvalue weighted by atomic mass is 19.1. The quantitative estimate of drug-likeness (QED) is 0.905. The number of rotatable bonds is 5. The van der Waals surface area contributed by atoms with Crippen LogP contribution >= 0.6 is 0 Å². The van der Waals surface area contributed by atoms with Crippen molar-refractivity contribution in [3.05, 3.63) is 65.2 Å². The van der Waals surface area contributed by atoms with Gasteiger partial charge in [-0.2, -0.15) is 0 Å². The Kier molecular flexibility index (Phi) is 4.91. The lowest BCUT2D eigenvalue weighted by Gasteiger charge is -2.21. The van der Waals surface area contributed by atoms with Crippen LogP contribution in [0.25, 0.3) is 0 Å². The number of hydrogen-bond donors (Lipinski definition) is 1. The van der Waals surface area contributed by atoms with Crippen molar-refractivity contribution in [3.63, 3.8) is 0 Å². The number of halogens is 2. The van der Waals surface area contributed by atoms with Gasteiger partial charge in [0.2, 0.25) is 0 Å². The van der Waals surface area contributed by atoms with Gasteiger partial charge in [-0.1, -0.05) is 17.7 Å². The van der Waals surface area contributed by atoms with Crippen molar-refractivity contribution < 1.29 is 13.9 Å². The third kappa shape index (κ3) is 4.26. The van der Waals surface area contributed by atoms with Crippen LogP contribution in [0.4, 0.5) is 14.5 Å². The molecule has 0 aliphatic heterocycles. The molecule has 4 heteroatoms. The van der Waals surface area contributed by atoms with Crippen LogP contribution in [0.3, 0.4) is 0 Å². The molecular weight excluding hydrogens is 272 g/mol. The van der Waals surface area contributed by atoms with Crippen LogP contribution in [0.5, 0.6) is 0 Å². The first-order chi connectivity index (χ1) is 9.95. The predicted molar refractivity (Wildman–Crippen MR) is 80.4 cm³/mol. The third-order valence-electron chi connectivity index (χ3n) is 3.48. The molecule has 0 radical (unpaired) electrons. The Balaban J connectivity index is 1.97. The summed E-state index contributed by atoms with van der Waals surface area (Å²) in [7, 11) is 1.92. The van der Waals surface area contributed by atoms with E-state index in [0.717, 1.165) is 11.8 Å². The second-order valence-electron chi connectivity index (χ2n) is 5.26. The molecule has 0 amide bonds. The number of anilines is 1. The molecule has 112 valence electrons. The van der Waals surface area contributed by atoms with Crippen molar-refractivity contribution in [1.29, 1.82) is 0 Å². The molecule has 2 aromatic carbocycles. The van der Waals surface area contributed by atoms with Crippen LogP contribution in [-0.2, 0) is 0 Å². The van der Waals surface area contributed by atoms with Crippen LogP contribution in [0.1, 0.15) is 23.7 Å². The topological polar surface area (TPSA) is 23.5 Å². The fraction of sp³-hybridized carbons (Fsp3) is 0.294. The van der Waals surface area contributed by atoms with Gasteiger partial charge >= 0.3 is 0 Å². The van der Waals surface area contributed by atoms with E-state index in [1.165, 1.54) is 17.7 Å². The average molecular weight is 291 g/mol. The second-order valence-corrected chi connectivity index (χ2v) is 5.26. The maximum Gasteiger partial charge on any atom is 0.126 e. The van der Waals surface area contributed by atoms with E-state index in [9.17, 15) is 13.9 Å². The van der Waals surface area contributed by atoms with Gasteiger partial charge in [-0.15, -0.1) is 0 Å². The fourth-order valence-corrected chi connectivity index (χ4v) is 2.18. The number of aliphatic hydroxyl groups is 1. The number of aryl methyl sites for hydroxylation is 1. The molecule has 1 N–H and O–H groups in total. The largest absolute Gasteiger partial charge is 0.388 e. The Hall–Kier alpha value is -1.94. The minimum absolute atomic E-state index is 0.268. The molecule has 0 fully saturated rings. The van der Waals surface area contributed by atoms with E-state index < -0.39 is 17.7 Å². The molecule has 2 nitrogen and oxygen atoms in total. The predicted octanol–water partition coefficient (Wildman–Crippen LogP) is 3.83. The first kappa shape index (κ1) is 15.4.